The van der Waals surface area contributed by atoms with Crippen LogP contribution in [0.15, 0.2) is 24.3 Å². The number of ether oxygens (including phenoxy) is 2. The number of nitro benzene ring substituents is 1. The lowest BCUT2D eigenvalue weighted by Gasteiger charge is -2.06. The van der Waals surface area contributed by atoms with Crippen molar-refractivity contribution >= 4 is 17.6 Å². The molecule has 1 aromatic carbocycles. The van der Waals surface area contributed by atoms with Gasteiger partial charge in [-0.05, 0) is 30.5 Å². The Labute approximate surface area is 166 Å². The van der Waals surface area contributed by atoms with Crippen LogP contribution in [0.25, 0.3) is 0 Å². The van der Waals surface area contributed by atoms with Gasteiger partial charge in [0, 0.05) is 25.0 Å². The molecule has 0 N–H and O–H groups in total. The zero-order valence-electron chi connectivity index (χ0n) is 16.7. The molecule has 0 atom stereocenters. The van der Waals surface area contributed by atoms with Crippen molar-refractivity contribution in [3.05, 3.63) is 39.9 Å². The van der Waals surface area contributed by atoms with E-state index >= 15 is 0 Å². The molecule has 7 heteroatoms. The first-order chi connectivity index (χ1) is 13.5. The number of non-ortho nitro benzene ring substituents is 1. The van der Waals surface area contributed by atoms with E-state index < -0.39 is 10.9 Å². The van der Waals surface area contributed by atoms with Crippen LogP contribution in [0.3, 0.4) is 0 Å². The molecule has 0 fully saturated rings. The molecule has 156 valence electrons. The highest BCUT2D eigenvalue weighted by Crippen LogP contribution is 2.13. The van der Waals surface area contributed by atoms with Gasteiger partial charge < -0.3 is 9.47 Å². The third-order valence-corrected chi connectivity index (χ3v) is 4.32. The molecule has 0 unspecified atom stereocenters. The summed E-state index contributed by atoms with van der Waals surface area (Å²) in [6.45, 7) is 2.69. The lowest BCUT2D eigenvalue weighted by atomic mass is 10.1. The number of unbranched alkanes of at least 4 members (excludes halogenated alkanes) is 6. The first-order valence-electron chi connectivity index (χ1n) is 10.1. The van der Waals surface area contributed by atoms with E-state index in [1.165, 1.54) is 44.2 Å². The van der Waals surface area contributed by atoms with Crippen LogP contribution in [-0.2, 0) is 25.7 Å². The van der Waals surface area contributed by atoms with Gasteiger partial charge in [0.25, 0.3) is 5.69 Å². The summed E-state index contributed by atoms with van der Waals surface area (Å²) in [5, 5.41) is 10.6. The lowest BCUT2D eigenvalue weighted by Crippen LogP contribution is -2.09. The topological polar surface area (TPSA) is 95.7 Å². The van der Waals surface area contributed by atoms with Crippen LogP contribution in [0, 0.1) is 10.1 Å². The highest BCUT2D eigenvalue weighted by Gasteiger charge is 2.09. The predicted octanol–water partition coefficient (Wildman–Crippen LogP) is 5.10. The van der Waals surface area contributed by atoms with Gasteiger partial charge in [-0.25, -0.2) is 0 Å². The molecular weight excluding hydrogens is 362 g/mol. The van der Waals surface area contributed by atoms with Crippen LogP contribution in [0.2, 0.25) is 0 Å². The molecule has 1 aromatic rings. The molecular formula is C21H31NO6. The van der Waals surface area contributed by atoms with Gasteiger partial charge in [0.1, 0.15) is 6.61 Å². The van der Waals surface area contributed by atoms with Crippen LogP contribution < -0.4 is 0 Å². The van der Waals surface area contributed by atoms with Crippen molar-refractivity contribution in [2.75, 3.05) is 6.61 Å². The van der Waals surface area contributed by atoms with Crippen molar-refractivity contribution < 1.29 is 24.0 Å². The number of nitrogens with zero attached hydrogens (tertiary/aromatic N) is 1. The Hall–Kier alpha value is -2.44. The molecule has 7 nitrogen and oxygen atoms in total. The molecule has 0 aliphatic rings. The van der Waals surface area contributed by atoms with Crippen LogP contribution in [0.4, 0.5) is 5.69 Å². The first-order valence-corrected chi connectivity index (χ1v) is 10.1. The van der Waals surface area contributed by atoms with Crippen LogP contribution in [0.5, 0.6) is 0 Å². The number of carbonyl (C=O) groups excluding carboxylic acids is 2. The van der Waals surface area contributed by atoms with Gasteiger partial charge in [-0.3, -0.25) is 19.7 Å². The normalized spacial score (nSPS) is 10.5. The van der Waals surface area contributed by atoms with Gasteiger partial charge in [0.2, 0.25) is 0 Å². The van der Waals surface area contributed by atoms with Crippen LogP contribution in [-0.4, -0.2) is 23.5 Å². The van der Waals surface area contributed by atoms with Crippen molar-refractivity contribution in [3.8, 4) is 0 Å². The molecule has 0 spiro atoms. The second kappa shape index (κ2) is 14.6. The van der Waals surface area contributed by atoms with E-state index in [9.17, 15) is 19.7 Å². The van der Waals surface area contributed by atoms with Crippen molar-refractivity contribution in [2.45, 2.75) is 77.7 Å². The van der Waals surface area contributed by atoms with E-state index in [0.717, 1.165) is 12.8 Å². The zero-order valence-corrected chi connectivity index (χ0v) is 16.7. The average Bonchev–Trinajstić information content (AvgIpc) is 2.68. The predicted molar refractivity (Wildman–Crippen MR) is 106 cm³/mol. The molecule has 0 bridgehead atoms. The minimum absolute atomic E-state index is 0.00918. The summed E-state index contributed by atoms with van der Waals surface area (Å²) in [5.74, 6) is -0.688. The molecule has 0 radical (unpaired) electrons. The van der Waals surface area contributed by atoms with Crippen LogP contribution >= 0.6 is 0 Å². The molecule has 0 saturated heterocycles. The molecule has 0 aliphatic heterocycles. The van der Waals surface area contributed by atoms with E-state index in [0.29, 0.717) is 18.6 Å². The fourth-order valence-corrected chi connectivity index (χ4v) is 2.64. The standard InChI is InChI=1S/C21H31NO6/c1-2-3-4-5-6-7-8-16-27-20(23)10-9-11-21(24)28-17-18-12-14-19(15-13-18)22(25)26/h12-15H,2-11,16-17H2,1H3. The maximum absolute atomic E-state index is 11.7. The van der Waals surface area contributed by atoms with E-state index in [4.69, 9.17) is 9.47 Å². The van der Waals surface area contributed by atoms with E-state index in [1.807, 2.05) is 0 Å². The maximum Gasteiger partial charge on any atom is 0.306 e. The molecule has 0 amide bonds. The molecule has 0 heterocycles. The molecule has 0 aliphatic carbocycles. The Kier molecular flexibility index (Phi) is 12.3. The number of hydrogen-bond acceptors (Lipinski definition) is 6. The second-order valence-corrected chi connectivity index (χ2v) is 6.78. The Morgan fingerprint density at radius 3 is 2.04 bits per heavy atom. The van der Waals surface area contributed by atoms with Crippen molar-refractivity contribution in [2.24, 2.45) is 0 Å². The Bertz CT molecular complexity index is 599. The second-order valence-electron chi connectivity index (χ2n) is 6.78. The van der Waals surface area contributed by atoms with Crippen LogP contribution in [0.1, 0.15) is 76.7 Å². The lowest BCUT2D eigenvalue weighted by molar-refractivity contribution is -0.384. The minimum Gasteiger partial charge on any atom is -0.466 e. The molecule has 28 heavy (non-hydrogen) atoms. The number of carbonyl (C=O) groups is 2. The summed E-state index contributed by atoms with van der Waals surface area (Å²) in [5.41, 5.74) is 0.665. The monoisotopic (exact) mass is 393 g/mol. The van der Waals surface area contributed by atoms with Gasteiger partial charge in [-0.2, -0.15) is 0 Å². The van der Waals surface area contributed by atoms with E-state index in [-0.39, 0.29) is 31.1 Å². The van der Waals surface area contributed by atoms with E-state index in [1.54, 1.807) is 12.1 Å². The molecule has 0 saturated carbocycles. The summed E-state index contributed by atoms with van der Waals surface area (Å²) in [7, 11) is 0. The number of rotatable bonds is 15. The maximum atomic E-state index is 11.7. The molecule has 0 aromatic heterocycles. The first kappa shape index (κ1) is 23.6. The van der Waals surface area contributed by atoms with Crippen molar-refractivity contribution in [1.29, 1.82) is 0 Å². The van der Waals surface area contributed by atoms with Gasteiger partial charge >= 0.3 is 11.9 Å². The Morgan fingerprint density at radius 2 is 1.43 bits per heavy atom. The van der Waals surface area contributed by atoms with Gasteiger partial charge in [0.05, 0.1) is 11.5 Å². The third kappa shape index (κ3) is 11.3. The van der Waals surface area contributed by atoms with Crippen molar-refractivity contribution in [1.82, 2.24) is 0 Å². The fourth-order valence-electron chi connectivity index (χ4n) is 2.64. The molecule has 1 rings (SSSR count). The highest BCUT2D eigenvalue weighted by atomic mass is 16.6. The van der Waals surface area contributed by atoms with Gasteiger partial charge in [-0.1, -0.05) is 45.4 Å². The Balaban J connectivity index is 2.03. The summed E-state index contributed by atoms with van der Waals surface area (Å²) < 4.78 is 10.3. The summed E-state index contributed by atoms with van der Waals surface area (Å²) in [6.07, 6.45) is 8.89. The smallest absolute Gasteiger partial charge is 0.306 e. The number of nitro groups is 1. The minimum atomic E-state index is -0.484. The SMILES string of the molecule is CCCCCCCCCOC(=O)CCCC(=O)OCc1ccc([N+](=O)[O-])cc1. The quantitative estimate of drug-likeness (QED) is 0.178. The Morgan fingerprint density at radius 1 is 0.857 bits per heavy atom. The average molecular weight is 393 g/mol. The largest absolute Gasteiger partial charge is 0.466 e. The highest BCUT2D eigenvalue weighted by molar-refractivity contribution is 5.72. The van der Waals surface area contributed by atoms with Gasteiger partial charge in [0.15, 0.2) is 0 Å². The number of esters is 2. The zero-order chi connectivity index (χ0) is 20.6. The van der Waals surface area contributed by atoms with Crippen molar-refractivity contribution in [3.63, 3.8) is 0 Å². The summed E-state index contributed by atoms with van der Waals surface area (Å²) in [4.78, 5) is 33.4. The van der Waals surface area contributed by atoms with Gasteiger partial charge in [-0.15, -0.1) is 0 Å². The summed E-state index contributed by atoms with van der Waals surface area (Å²) in [6, 6.07) is 5.83. The fraction of sp³-hybridized carbons (Fsp3) is 0.619. The summed E-state index contributed by atoms with van der Waals surface area (Å²) >= 11 is 0. The number of benzene rings is 1. The van der Waals surface area contributed by atoms with E-state index in [2.05, 4.69) is 6.92 Å². The third-order valence-electron chi connectivity index (χ3n) is 4.32. The number of hydrogen-bond donors (Lipinski definition) is 0.